The fraction of sp³-hybridized carbons (Fsp3) is 0.556. The van der Waals surface area contributed by atoms with Gasteiger partial charge in [-0.3, -0.25) is 14.5 Å². The molecule has 1 aromatic carbocycles. The van der Waals surface area contributed by atoms with E-state index in [1.165, 1.54) is 12.1 Å². The summed E-state index contributed by atoms with van der Waals surface area (Å²) in [4.78, 5) is 29.8. The van der Waals surface area contributed by atoms with E-state index < -0.39 is 0 Å². The summed E-state index contributed by atoms with van der Waals surface area (Å²) in [5.74, 6) is -0.460. The fourth-order valence-electron chi connectivity index (χ4n) is 3.52. The highest BCUT2D eigenvalue weighted by molar-refractivity contribution is 5.80. The molecule has 7 heteroatoms. The Labute approximate surface area is 147 Å². The maximum absolute atomic E-state index is 13.0. The van der Waals surface area contributed by atoms with Crippen molar-refractivity contribution < 1.29 is 14.0 Å². The van der Waals surface area contributed by atoms with E-state index >= 15 is 0 Å². The van der Waals surface area contributed by atoms with Gasteiger partial charge < -0.3 is 15.5 Å². The first-order valence-electron chi connectivity index (χ1n) is 8.83. The van der Waals surface area contributed by atoms with Crippen LogP contribution >= 0.6 is 0 Å². The second kappa shape index (κ2) is 7.82. The molecular weight excluding hydrogens is 323 g/mol. The quantitative estimate of drug-likeness (QED) is 0.868. The van der Waals surface area contributed by atoms with Crippen LogP contribution in [0.4, 0.5) is 10.1 Å². The molecule has 1 aromatic rings. The van der Waals surface area contributed by atoms with Crippen LogP contribution in [0.5, 0.6) is 0 Å². The Bertz CT molecular complexity index is 606. The highest BCUT2D eigenvalue weighted by Crippen LogP contribution is 2.19. The largest absolute Gasteiger partial charge is 0.369 e. The minimum Gasteiger partial charge on any atom is -0.369 e. The van der Waals surface area contributed by atoms with E-state index in [9.17, 15) is 14.0 Å². The maximum atomic E-state index is 13.0. The number of nitrogens with two attached hydrogens (primary N) is 1. The molecular formula is C18H25FN4O2. The van der Waals surface area contributed by atoms with Gasteiger partial charge in [-0.25, -0.2) is 4.39 Å². The van der Waals surface area contributed by atoms with E-state index in [0.717, 1.165) is 31.9 Å². The van der Waals surface area contributed by atoms with Crippen molar-refractivity contribution in [2.45, 2.75) is 12.8 Å². The van der Waals surface area contributed by atoms with Crippen LogP contribution < -0.4 is 10.6 Å². The molecule has 2 aliphatic rings. The number of carbonyl (C=O) groups excluding carboxylic acids is 2. The minimum atomic E-state index is -0.260. The molecule has 0 unspecified atom stereocenters. The number of anilines is 1. The number of likely N-dealkylation sites (tertiary alicyclic amines) is 1. The summed E-state index contributed by atoms with van der Waals surface area (Å²) >= 11 is 0. The smallest absolute Gasteiger partial charge is 0.236 e. The van der Waals surface area contributed by atoms with Crippen LogP contribution in [0, 0.1) is 11.7 Å². The molecule has 0 spiro atoms. The molecule has 3 rings (SSSR count). The number of amides is 2. The van der Waals surface area contributed by atoms with Gasteiger partial charge in [-0.15, -0.1) is 0 Å². The molecule has 0 bridgehead atoms. The van der Waals surface area contributed by atoms with Crippen molar-refractivity contribution in [2.75, 3.05) is 50.7 Å². The zero-order chi connectivity index (χ0) is 17.8. The zero-order valence-electron chi connectivity index (χ0n) is 14.4. The van der Waals surface area contributed by atoms with Crippen molar-refractivity contribution >= 4 is 17.5 Å². The Morgan fingerprint density at radius 2 is 1.60 bits per heavy atom. The van der Waals surface area contributed by atoms with E-state index in [1.54, 1.807) is 12.1 Å². The number of hydrogen-bond donors (Lipinski definition) is 1. The summed E-state index contributed by atoms with van der Waals surface area (Å²) in [6.07, 6.45) is 1.33. The molecule has 25 heavy (non-hydrogen) atoms. The average Bonchev–Trinajstić information content (AvgIpc) is 2.63. The Morgan fingerprint density at radius 1 is 1.00 bits per heavy atom. The number of nitrogens with zero attached hydrogens (tertiary/aromatic N) is 3. The molecule has 2 saturated heterocycles. The Hall–Kier alpha value is -2.15. The molecule has 2 amide bonds. The maximum Gasteiger partial charge on any atom is 0.236 e. The summed E-state index contributed by atoms with van der Waals surface area (Å²) in [7, 11) is 0. The van der Waals surface area contributed by atoms with Crippen LogP contribution in [-0.4, -0.2) is 67.4 Å². The molecule has 0 radical (unpaired) electrons. The number of hydrogen-bond acceptors (Lipinski definition) is 4. The van der Waals surface area contributed by atoms with Crippen LogP contribution in [0.25, 0.3) is 0 Å². The summed E-state index contributed by atoms with van der Waals surface area (Å²) in [5.41, 5.74) is 6.35. The topological polar surface area (TPSA) is 69.9 Å². The number of carbonyl (C=O) groups is 2. The lowest BCUT2D eigenvalue weighted by Gasteiger charge is -2.37. The molecule has 2 fully saturated rings. The number of piperidine rings is 1. The fourth-order valence-corrected chi connectivity index (χ4v) is 3.52. The number of benzene rings is 1. The summed E-state index contributed by atoms with van der Waals surface area (Å²) < 4.78 is 13.0. The van der Waals surface area contributed by atoms with Crippen LogP contribution in [0.2, 0.25) is 0 Å². The predicted molar refractivity (Wildman–Crippen MR) is 93.6 cm³/mol. The summed E-state index contributed by atoms with van der Waals surface area (Å²) in [6.45, 7) is 4.90. The lowest BCUT2D eigenvalue weighted by molar-refractivity contribution is -0.136. The van der Waals surface area contributed by atoms with Crippen LogP contribution in [-0.2, 0) is 9.59 Å². The number of primary amides is 1. The molecule has 0 aliphatic carbocycles. The first-order chi connectivity index (χ1) is 12.0. The van der Waals surface area contributed by atoms with Crippen molar-refractivity contribution in [1.82, 2.24) is 9.80 Å². The zero-order valence-corrected chi connectivity index (χ0v) is 14.4. The van der Waals surface area contributed by atoms with Gasteiger partial charge in [0, 0.05) is 50.9 Å². The van der Waals surface area contributed by atoms with E-state index in [2.05, 4.69) is 9.80 Å². The summed E-state index contributed by atoms with van der Waals surface area (Å²) in [5, 5.41) is 0. The number of rotatable bonds is 4. The van der Waals surface area contributed by atoms with Crippen LogP contribution in [0.3, 0.4) is 0 Å². The molecule has 0 saturated carbocycles. The average molecular weight is 348 g/mol. The highest BCUT2D eigenvalue weighted by Gasteiger charge is 2.27. The Kier molecular flexibility index (Phi) is 5.53. The second-order valence-electron chi connectivity index (χ2n) is 6.80. The second-order valence-corrected chi connectivity index (χ2v) is 6.80. The SMILES string of the molecule is NC(=O)C1CCN(C(=O)CN2CCN(c3ccc(F)cc3)CC2)CC1. The lowest BCUT2D eigenvalue weighted by Crippen LogP contribution is -2.51. The first kappa shape index (κ1) is 17.7. The van der Waals surface area contributed by atoms with Gasteiger partial charge in [0.1, 0.15) is 5.82 Å². The van der Waals surface area contributed by atoms with Gasteiger partial charge in [0.05, 0.1) is 6.54 Å². The lowest BCUT2D eigenvalue weighted by atomic mass is 9.96. The number of halogens is 1. The van der Waals surface area contributed by atoms with E-state index in [1.807, 2.05) is 4.90 Å². The van der Waals surface area contributed by atoms with Crippen molar-refractivity contribution in [1.29, 1.82) is 0 Å². The van der Waals surface area contributed by atoms with Crippen molar-refractivity contribution in [2.24, 2.45) is 11.7 Å². The molecule has 2 heterocycles. The Balaban J connectivity index is 1.43. The molecule has 136 valence electrons. The Morgan fingerprint density at radius 3 is 2.16 bits per heavy atom. The normalized spacial score (nSPS) is 19.9. The van der Waals surface area contributed by atoms with E-state index in [0.29, 0.717) is 32.5 Å². The molecule has 2 aliphatic heterocycles. The highest BCUT2D eigenvalue weighted by atomic mass is 19.1. The third-order valence-electron chi connectivity index (χ3n) is 5.17. The van der Waals surface area contributed by atoms with E-state index in [-0.39, 0.29) is 23.5 Å². The van der Waals surface area contributed by atoms with Gasteiger partial charge in [0.15, 0.2) is 0 Å². The molecule has 0 aromatic heterocycles. The van der Waals surface area contributed by atoms with Gasteiger partial charge in [-0.1, -0.05) is 0 Å². The third-order valence-corrected chi connectivity index (χ3v) is 5.17. The van der Waals surface area contributed by atoms with Crippen molar-refractivity contribution in [3.05, 3.63) is 30.1 Å². The monoisotopic (exact) mass is 348 g/mol. The molecule has 6 nitrogen and oxygen atoms in total. The minimum absolute atomic E-state index is 0.0942. The van der Waals surface area contributed by atoms with Crippen molar-refractivity contribution in [3.63, 3.8) is 0 Å². The molecule has 2 N–H and O–H groups in total. The third kappa shape index (κ3) is 4.48. The molecule has 0 atom stereocenters. The summed E-state index contributed by atoms with van der Waals surface area (Å²) in [6, 6.07) is 6.53. The van der Waals surface area contributed by atoms with Gasteiger partial charge >= 0.3 is 0 Å². The van der Waals surface area contributed by atoms with Crippen molar-refractivity contribution in [3.8, 4) is 0 Å². The van der Waals surface area contributed by atoms with Gasteiger partial charge in [-0.2, -0.15) is 0 Å². The van der Waals surface area contributed by atoms with Gasteiger partial charge in [-0.05, 0) is 37.1 Å². The van der Waals surface area contributed by atoms with Crippen LogP contribution in [0.15, 0.2) is 24.3 Å². The van der Waals surface area contributed by atoms with Gasteiger partial charge in [0.2, 0.25) is 11.8 Å². The standard InChI is InChI=1S/C18H25FN4O2/c19-15-1-3-16(4-2-15)22-11-9-21(10-12-22)13-17(24)23-7-5-14(6-8-23)18(20)25/h1-4,14H,5-13H2,(H2,20,25). The predicted octanol–water partition coefficient (Wildman–Crippen LogP) is 0.672. The van der Waals surface area contributed by atoms with Crippen LogP contribution in [0.1, 0.15) is 12.8 Å². The van der Waals surface area contributed by atoms with E-state index in [4.69, 9.17) is 5.73 Å². The first-order valence-corrected chi connectivity index (χ1v) is 8.83. The number of piperazine rings is 1. The van der Waals surface area contributed by atoms with Gasteiger partial charge in [0.25, 0.3) is 0 Å².